The number of nitrogens with zero attached hydrogens (tertiary/aromatic N) is 2. The van der Waals surface area contributed by atoms with Crippen LogP contribution in [0.3, 0.4) is 0 Å². The van der Waals surface area contributed by atoms with Gasteiger partial charge in [0.25, 0.3) is 5.69 Å². The highest BCUT2D eigenvalue weighted by Gasteiger charge is 2.08. The van der Waals surface area contributed by atoms with Crippen LogP contribution in [0.1, 0.15) is 5.56 Å². The standard InChI is InChI=1S/C13H20BrN3O3/c1-16(7-8-20-2)6-5-15-10-11-3-4-12(17(18)19)9-13(11)14/h3-4,9,15H,5-8,10H2,1-2H3. The molecule has 0 aromatic heterocycles. The summed E-state index contributed by atoms with van der Waals surface area (Å²) < 4.78 is 5.77. The van der Waals surface area contributed by atoms with Gasteiger partial charge in [0.1, 0.15) is 0 Å². The van der Waals surface area contributed by atoms with Crippen LogP contribution in [0.4, 0.5) is 5.69 Å². The van der Waals surface area contributed by atoms with E-state index in [-0.39, 0.29) is 5.69 Å². The number of methoxy groups -OCH3 is 1. The van der Waals surface area contributed by atoms with Gasteiger partial charge in [-0.25, -0.2) is 0 Å². The highest BCUT2D eigenvalue weighted by atomic mass is 79.9. The Bertz CT molecular complexity index is 443. The molecule has 1 aromatic rings. The van der Waals surface area contributed by atoms with E-state index >= 15 is 0 Å². The molecule has 0 saturated carbocycles. The van der Waals surface area contributed by atoms with Gasteiger partial charge < -0.3 is 15.0 Å². The van der Waals surface area contributed by atoms with Crippen LogP contribution in [-0.2, 0) is 11.3 Å². The summed E-state index contributed by atoms with van der Waals surface area (Å²) in [5.74, 6) is 0. The van der Waals surface area contributed by atoms with Crippen molar-refractivity contribution in [2.24, 2.45) is 0 Å². The number of halogens is 1. The quantitative estimate of drug-likeness (QED) is 0.421. The smallest absolute Gasteiger partial charge is 0.270 e. The number of nitrogens with one attached hydrogen (secondary N) is 1. The second kappa shape index (κ2) is 9.02. The molecule has 0 amide bonds. The molecule has 1 rings (SSSR count). The number of hydrogen-bond acceptors (Lipinski definition) is 5. The normalized spacial score (nSPS) is 11.0. The summed E-state index contributed by atoms with van der Waals surface area (Å²) in [4.78, 5) is 12.4. The van der Waals surface area contributed by atoms with Crippen molar-refractivity contribution in [1.29, 1.82) is 0 Å². The third-order valence-corrected chi connectivity index (χ3v) is 3.65. The number of nitro groups is 1. The molecule has 112 valence electrons. The topological polar surface area (TPSA) is 67.6 Å². The van der Waals surface area contributed by atoms with Crippen molar-refractivity contribution in [3.63, 3.8) is 0 Å². The number of non-ortho nitro benzene ring substituents is 1. The minimum absolute atomic E-state index is 0.0972. The van der Waals surface area contributed by atoms with E-state index in [0.717, 1.165) is 36.3 Å². The lowest BCUT2D eigenvalue weighted by atomic mass is 10.2. The van der Waals surface area contributed by atoms with Gasteiger partial charge in [-0.2, -0.15) is 0 Å². The maximum atomic E-state index is 10.6. The summed E-state index contributed by atoms with van der Waals surface area (Å²) >= 11 is 3.36. The fourth-order valence-corrected chi connectivity index (χ4v) is 2.15. The Labute approximate surface area is 127 Å². The molecule has 0 bridgehead atoms. The fraction of sp³-hybridized carbons (Fsp3) is 0.538. The summed E-state index contributed by atoms with van der Waals surface area (Å²) in [7, 11) is 3.74. The van der Waals surface area contributed by atoms with Crippen LogP contribution in [0.15, 0.2) is 22.7 Å². The summed E-state index contributed by atoms with van der Waals surface area (Å²) in [6, 6.07) is 4.82. The lowest BCUT2D eigenvalue weighted by Crippen LogP contribution is -2.31. The number of hydrogen-bond donors (Lipinski definition) is 1. The molecule has 1 aromatic carbocycles. The zero-order valence-electron chi connectivity index (χ0n) is 11.8. The zero-order valence-corrected chi connectivity index (χ0v) is 13.4. The average molecular weight is 346 g/mol. The van der Waals surface area contributed by atoms with Crippen molar-refractivity contribution in [3.8, 4) is 0 Å². The monoisotopic (exact) mass is 345 g/mol. The van der Waals surface area contributed by atoms with Gasteiger partial charge in [-0.3, -0.25) is 10.1 Å². The Hall–Kier alpha value is -1.02. The van der Waals surface area contributed by atoms with Gasteiger partial charge in [0.15, 0.2) is 0 Å². The molecule has 7 heteroatoms. The van der Waals surface area contributed by atoms with Gasteiger partial charge in [-0.05, 0) is 18.7 Å². The zero-order chi connectivity index (χ0) is 15.0. The van der Waals surface area contributed by atoms with Crippen LogP contribution in [0.5, 0.6) is 0 Å². The molecule has 0 aliphatic rings. The third kappa shape index (κ3) is 5.96. The number of likely N-dealkylation sites (N-methyl/N-ethyl adjacent to an activating group) is 1. The van der Waals surface area contributed by atoms with Gasteiger partial charge in [0, 0.05) is 49.9 Å². The van der Waals surface area contributed by atoms with Gasteiger partial charge in [-0.1, -0.05) is 15.9 Å². The summed E-state index contributed by atoms with van der Waals surface area (Å²) in [5.41, 5.74) is 1.11. The second-order valence-electron chi connectivity index (χ2n) is 4.51. The molecule has 0 aliphatic heterocycles. The number of nitro benzene ring substituents is 1. The molecular weight excluding hydrogens is 326 g/mol. The van der Waals surface area contributed by atoms with Gasteiger partial charge in [0.2, 0.25) is 0 Å². The van der Waals surface area contributed by atoms with Crippen LogP contribution in [-0.4, -0.2) is 50.2 Å². The molecule has 0 unspecified atom stereocenters. The molecular formula is C13H20BrN3O3. The lowest BCUT2D eigenvalue weighted by Gasteiger charge is -2.16. The Morgan fingerprint density at radius 3 is 2.80 bits per heavy atom. The average Bonchev–Trinajstić information content (AvgIpc) is 2.42. The number of ether oxygens (including phenoxy) is 1. The van der Waals surface area contributed by atoms with Crippen LogP contribution < -0.4 is 5.32 Å². The fourth-order valence-electron chi connectivity index (χ4n) is 1.65. The first-order chi connectivity index (χ1) is 9.54. The highest BCUT2D eigenvalue weighted by molar-refractivity contribution is 9.10. The molecule has 0 spiro atoms. The van der Waals surface area contributed by atoms with Crippen molar-refractivity contribution in [2.45, 2.75) is 6.54 Å². The molecule has 0 heterocycles. The molecule has 6 nitrogen and oxygen atoms in total. The molecule has 0 fully saturated rings. The molecule has 20 heavy (non-hydrogen) atoms. The Morgan fingerprint density at radius 2 is 2.20 bits per heavy atom. The first-order valence-corrected chi connectivity index (χ1v) is 7.15. The minimum atomic E-state index is -0.396. The maximum Gasteiger partial charge on any atom is 0.270 e. The molecule has 0 aliphatic carbocycles. The van der Waals surface area contributed by atoms with E-state index in [0.29, 0.717) is 6.54 Å². The van der Waals surface area contributed by atoms with Crippen molar-refractivity contribution in [3.05, 3.63) is 38.3 Å². The largest absolute Gasteiger partial charge is 0.383 e. The molecule has 0 radical (unpaired) electrons. The van der Waals surface area contributed by atoms with Gasteiger partial charge >= 0.3 is 0 Å². The Kier molecular flexibility index (Phi) is 7.68. The summed E-state index contributed by atoms with van der Waals surface area (Å²) in [6.07, 6.45) is 0. The van der Waals surface area contributed by atoms with Crippen LogP contribution in [0, 0.1) is 10.1 Å². The third-order valence-electron chi connectivity index (χ3n) is 2.91. The van der Waals surface area contributed by atoms with E-state index in [4.69, 9.17) is 4.74 Å². The van der Waals surface area contributed by atoms with Gasteiger partial charge in [0.05, 0.1) is 11.5 Å². The highest BCUT2D eigenvalue weighted by Crippen LogP contribution is 2.22. The molecule has 0 saturated heterocycles. The van der Waals surface area contributed by atoms with E-state index in [1.54, 1.807) is 13.2 Å². The minimum Gasteiger partial charge on any atom is -0.383 e. The van der Waals surface area contributed by atoms with E-state index in [1.807, 2.05) is 7.05 Å². The summed E-state index contributed by atoms with van der Waals surface area (Å²) in [5, 5.41) is 14.0. The second-order valence-corrected chi connectivity index (χ2v) is 5.36. The van der Waals surface area contributed by atoms with E-state index in [2.05, 4.69) is 26.1 Å². The van der Waals surface area contributed by atoms with Crippen LogP contribution in [0.25, 0.3) is 0 Å². The van der Waals surface area contributed by atoms with E-state index in [1.165, 1.54) is 12.1 Å². The van der Waals surface area contributed by atoms with Crippen molar-refractivity contribution in [1.82, 2.24) is 10.2 Å². The van der Waals surface area contributed by atoms with Crippen molar-refractivity contribution >= 4 is 21.6 Å². The van der Waals surface area contributed by atoms with Crippen LogP contribution >= 0.6 is 15.9 Å². The van der Waals surface area contributed by atoms with E-state index < -0.39 is 4.92 Å². The van der Waals surface area contributed by atoms with Crippen LogP contribution in [0.2, 0.25) is 0 Å². The lowest BCUT2D eigenvalue weighted by molar-refractivity contribution is -0.384. The maximum absolute atomic E-state index is 10.6. The number of rotatable bonds is 9. The SMILES string of the molecule is COCCN(C)CCNCc1ccc([N+](=O)[O-])cc1Br. The Morgan fingerprint density at radius 1 is 1.45 bits per heavy atom. The summed E-state index contributed by atoms with van der Waals surface area (Å²) in [6.45, 7) is 4.08. The van der Waals surface area contributed by atoms with Crippen molar-refractivity contribution in [2.75, 3.05) is 40.4 Å². The molecule has 1 N–H and O–H groups in total. The predicted octanol–water partition coefficient (Wildman–Crippen LogP) is 2.03. The first-order valence-electron chi connectivity index (χ1n) is 6.35. The molecule has 0 atom stereocenters. The number of benzene rings is 1. The van der Waals surface area contributed by atoms with E-state index in [9.17, 15) is 10.1 Å². The first kappa shape index (κ1) is 17.0. The van der Waals surface area contributed by atoms with Gasteiger partial charge in [-0.15, -0.1) is 0 Å². The predicted molar refractivity (Wildman–Crippen MR) is 81.9 cm³/mol. The van der Waals surface area contributed by atoms with Crippen molar-refractivity contribution < 1.29 is 9.66 Å². The Balaban J connectivity index is 2.33.